The van der Waals surface area contributed by atoms with Gasteiger partial charge in [-0.25, -0.2) is 9.79 Å². The van der Waals surface area contributed by atoms with Crippen molar-refractivity contribution in [3.8, 4) is 11.5 Å². The average molecular weight is 499 g/mol. The normalized spacial score (nSPS) is 15.6. The molecule has 0 aliphatic carbocycles. The molecular formula is C25H26N2O5S2. The number of nitrogens with zero attached hydrogens (tertiary/aromatic N) is 2. The first-order valence-corrected chi connectivity index (χ1v) is 12.8. The van der Waals surface area contributed by atoms with Crippen molar-refractivity contribution in [2.24, 2.45) is 4.99 Å². The lowest BCUT2D eigenvalue weighted by molar-refractivity contribution is -0.139. The van der Waals surface area contributed by atoms with E-state index in [2.05, 4.69) is 4.99 Å². The second-order valence-corrected chi connectivity index (χ2v) is 9.38. The van der Waals surface area contributed by atoms with Crippen LogP contribution in [0.2, 0.25) is 0 Å². The quantitative estimate of drug-likeness (QED) is 0.443. The SMILES string of the molecule is CCOC(=O)C1=C(C)N=c2s/c(=C/c3cccs3)c(=O)n2C1c1ccc(OCC)c(OCC)c1. The summed E-state index contributed by atoms with van der Waals surface area (Å²) < 4.78 is 19.0. The highest BCUT2D eigenvalue weighted by atomic mass is 32.1. The van der Waals surface area contributed by atoms with Crippen molar-refractivity contribution in [1.82, 2.24) is 4.57 Å². The summed E-state index contributed by atoms with van der Waals surface area (Å²) >= 11 is 2.86. The van der Waals surface area contributed by atoms with Crippen molar-refractivity contribution < 1.29 is 19.0 Å². The zero-order valence-corrected chi connectivity index (χ0v) is 21.1. The Balaban J connectivity index is 1.95. The van der Waals surface area contributed by atoms with E-state index in [1.165, 1.54) is 11.3 Å². The first-order chi connectivity index (χ1) is 16.5. The minimum absolute atomic E-state index is 0.205. The maximum Gasteiger partial charge on any atom is 0.338 e. The largest absolute Gasteiger partial charge is 0.490 e. The third-order valence-corrected chi connectivity index (χ3v) is 7.02. The number of rotatable bonds is 8. The number of carbonyl (C=O) groups excluding carboxylic acids is 1. The first kappa shape index (κ1) is 24.0. The van der Waals surface area contributed by atoms with E-state index < -0.39 is 12.0 Å². The van der Waals surface area contributed by atoms with E-state index in [-0.39, 0.29) is 12.2 Å². The lowest BCUT2D eigenvalue weighted by atomic mass is 9.95. The monoisotopic (exact) mass is 498 g/mol. The number of ether oxygens (including phenoxy) is 3. The van der Waals surface area contributed by atoms with Crippen LogP contribution in [-0.2, 0) is 9.53 Å². The topological polar surface area (TPSA) is 79.1 Å². The van der Waals surface area contributed by atoms with Gasteiger partial charge in [-0.3, -0.25) is 9.36 Å². The van der Waals surface area contributed by atoms with Crippen LogP contribution in [0.5, 0.6) is 11.5 Å². The summed E-state index contributed by atoms with van der Waals surface area (Å²) in [6.07, 6.45) is 1.86. The van der Waals surface area contributed by atoms with Gasteiger partial charge in [0.15, 0.2) is 16.3 Å². The summed E-state index contributed by atoms with van der Waals surface area (Å²) in [5.41, 5.74) is 1.37. The van der Waals surface area contributed by atoms with Crippen molar-refractivity contribution in [3.63, 3.8) is 0 Å². The molecule has 0 bridgehead atoms. The Morgan fingerprint density at radius 1 is 1.12 bits per heavy atom. The molecule has 0 saturated carbocycles. The standard InChI is InChI=1S/C25H26N2O5S2/c1-5-30-18-11-10-16(13-19(18)31-6-2)22-21(24(29)32-7-3)15(4)26-25-27(22)23(28)20(34-25)14-17-9-8-12-33-17/h8-14,22H,5-7H2,1-4H3/b20-14+. The Hall–Kier alpha value is -3.17. The zero-order chi connectivity index (χ0) is 24.2. The van der Waals surface area contributed by atoms with E-state index in [9.17, 15) is 9.59 Å². The van der Waals surface area contributed by atoms with Crippen LogP contribution < -0.4 is 24.4 Å². The minimum atomic E-state index is -0.698. The van der Waals surface area contributed by atoms with E-state index in [1.807, 2.05) is 55.6 Å². The summed E-state index contributed by atoms with van der Waals surface area (Å²) in [5.74, 6) is 0.671. The van der Waals surface area contributed by atoms with Crippen LogP contribution in [0.3, 0.4) is 0 Å². The van der Waals surface area contributed by atoms with Crippen LogP contribution >= 0.6 is 22.7 Å². The van der Waals surface area contributed by atoms with Crippen molar-refractivity contribution in [2.75, 3.05) is 19.8 Å². The second kappa shape index (κ2) is 10.4. The van der Waals surface area contributed by atoms with Gasteiger partial charge in [0.25, 0.3) is 5.56 Å². The molecular weight excluding hydrogens is 472 g/mol. The molecule has 0 spiro atoms. The van der Waals surface area contributed by atoms with Crippen molar-refractivity contribution in [3.05, 3.63) is 77.1 Å². The highest BCUT2D eigenvalue weighted by Gasteiger charge is 2.34. The maximum absolute atomic E-state index is 13.6. The van der Waals surface area contributed by atoms with Crippen LogP contribution in [-0.4, -0.2) is 30.4 Å². The number of esters is 1. The number of thiophene rings is 1. The molecule has 1 aromatic carbocycles. The molecule has 0 saturated heterocycles. The van der Waals surface area contributed by atoms with E-state index in [1.54, 1.807) is 29.8 Å². The molecule has 0 fully saturated rings. The van der Waals surface area contributed by atoms with Crippen LogP contribution in [0.4, 0.5) is 0 Å². The molecule has 0 radical (unpaired) electrons. The number of hydrogen-bond acceptors (Lipinski definition) is 8. The van der Waals surface area contributed by atoms with Crippen molar-refractivity contribution >= 4 is 34.7 Å². The minimum Gasteiger partial charge on any atom is -0.490 e. The van der Waals surface area contributed by atoms with Crippen LogP contribution in [0, 0.1) is 0 Å². The average Bonchev–Trinajstić information content (AvgIpc) is 3.43. The number of thiazole rings is 1. The van der Waals surface area contributed by atoms with Gasteiger partial charge in [0.05, 0.1) is 41.7 Å². The summed E-state index contributed by atoms with van der Waals surface area (Å²) in [5, 5.41) is 1.96. The Bertz CT molecular complexity index is 1400. The number of aromatic nitrogens is 1. The highest BCUT2D eigenvalue weighted by molar-refractivity contribution is 7.11. The molecule has 1 aliphatic heterocycles. The van der Waals surface area contributed by atoms with E-state index in [4.69, 9.17) is 14.2 Å². The van der Waals surface area contributed by atoms with Gasteiger partial charge >= 0.3 is 5.97 Å². The smallest absolute Gasteiger partial charge is 0.338 e. The van der Waals surface area contributed by atoms with Crippen molar-refractivity contribution in [2.45, 2.75) is 33.7 Å². The molecule has 0 N–H and O–H groups in total. The molecule has 34 heavy (non-hydrogen) atoms. The van der Waals surface area contributed by atoms with Crippen LogP contribution in [0.15, 0.2) is 56.8 Å². The third-order valence-electron chi connectivity index (χ3n) is 5.22. The predicted molar refractivity (Wildman–Crippen MR) is 133 cm³/mol. The van der Waals surface area contributed by atoms with Gasteiger partial charge in [-0.05, 0) is 62.9 Å². The molecule has 7 nitrogen and oxygen atoms in total. The Labute approximate surface area is 205 Å². The second-order valence-electron chi connectivity index (χ2n) is 7.39. The summed E-state index contributed by atoms with van der Waals surface area (Å²) in [4.78, 5) is 32.8. The predicted octanol–water partition coefficient (Wildman–Crippen LogP) is 3.66. The molecule has 1 unspecified atom stereocenters. The number of hydrogen-bond donors (Lipinski definition) is 0. The fourth-order valence-electron chi connectivity index (χ4n) is 3.85. The fourth-order valence-corrected chi connectivity index (χ4v) is 5.62. The van der Waals surface area contributed by atoms with Gasteiger partial charge in [-0.15, -0.1) is 11.3 Å². The number of allylic oxidation sites excluding steroid dienone is 1. The van der Waals surface area contributed by atoms with Crippen LogP contribution in [0.1, 0.15) is 44.2 Å². The molecule has 178 valence electrons. The highest BCUT2D eigenvalue weighted by Crippen LogP contribution is 2.36. The molecule has 0 amide bonds. The van der Waals surface area contributed by atoms with Gasteiger partial charge in [0.2, 0.25) is 0 Å². The Kier molecular flexibility index (Phi) is 7.33. The Morgan fingerprint density at radius 3 is 2.56 bits per heavy atom. The number of carbonyl (C=O) groups is 1. The van der Waals surface area contributed by atoms with Gasteiger partial charge < -0.3 is 14.2 Å². The lowest BCUT2D eigenvalue weighted by Crippen LogP contribution is -2.39. The maximum atomic E-state index is 13.6. The van der Waals surface area contributed by atoms with Gasteiger partial charge in [0, 0.05) is 4.88 Å². The molecule has 3 aromatic rings. The molecule has 1 atom stereocenters. The van der Waals surface area contributed by atoms with E-state index in [0.717, 1.165) is 4.88 Å². The fraction of sp³-hybridized carbons (Fsp3) is 0.320. The first-order valence-electron chi connectivity index (χ1n) is 11.1. The van der Waals surface area contributed by atoms with Crippen LogP contribution in [0.25, 0.3) is 6.08 Å². The van der Waals surface area contributed by atoms with Crippen molar-refractivity contribution in [1.29, 1.82) is 0 Å². The molecule has 2 aromatic heterocycles. The van der Waals surface area contributed by atoms with Gasteiger partial charge in [-0.1, -0.05) is 23.5 Å². The summed E-state index contributed by atoms with van der Waals surface area (Å²) in [6, 6.07) is 8.69. The molecule has 1 aliphatic rings. The van der Waals surface area contributed by atoms with E-state index in [0.29, 0.717) is 50.9 Å². The molecule has 9 heteroatoms. The zero-order valence-electron chi connectivity index (χ0n) is 19.5. The summed E-state index contributed by atoms with van der Waals surface area (Å²) in [7, 11) is 0. The number of benzene rings is 1. The number of fused-ring (bicyclic) bond motifs is 1. The van der Waals surface area contributed by atoms with Gasteiger partial charge in [-0.2, -0.15) is 0 Å². The van der Waals surface area contributed by atoms with E-state index >= 15 is 0 Å². The third kappa shape index (κ3) is 4.58. The lowest BCUT2D eigenvalue weighted by Gasteiger charge is -2.25. The summed E-state index contributed by atoms with van der Waals surface area (Å²) in [6.45, 7) is 8.48. The molecule has 3 heterocycles. The van der Waals surface area contributed by atoms with Gasteiger partial charge in [0.1, 0.15) is 0 Å². The molecule has 4 rings (SSSR count). The Morgan fingerprint density at radius 2 is 1.88 bits per heavy atom.